The van der Waals surface area contributed by atoms with E-state index in [1.807, 2.05) is 13.8 Å². The van der Waals surface area contributed by atoms with E-state index in [0.717, 1.165) is 19.6 Å². The Morgan fingerprint density at radius 2 is 2.00 bits per heavy atom. The fraction of sp³-hybridized carbons (Fsp3) is 0.750. The van der Waals surface area contributed by atoms with Gasteiger partial charge in [0.2, 0.25) is 11.2 Å². The van der Waals surface area contributed by atoms with Crippen LogP contribution in [0.25, 0.3) is 0 Å². The first-order chi connectivity index (χ1) is 8.95. The summed E-state index contributed by atoms with van der Waals surface area (Å²) >= 11 is 5.94. The smallest absolute Gasteiger partial charge is 0.322 e. The lowest BCUT2D eigenvalue weighted by atomic mass is 10.2. The molecule has 1 atom stereocenters. The normalized spacial score (nSPS) is 20.9. The van der Waals surface area contributed by atoms with Gasteiger partial charge in [0.15, 0.2) is 0 Å². The molecule has 0 N–H and O–H groups in total. The molecule has 0 spiro atoms. The minimum Gasteiger partial charge on any atom is -0.461 e. The number of ether oxygens (including phenoxy) is 1. The van der Waals surface area contributed by atoms with Crippen molar-refractivity contribution in [3.05, 3.63) is 5.28 Å². The second-order valence-electron chi connectivity index (χ2n) is 5.13. The van der Waals surface area contributed by atoms with Crippen LogP contribution in [-0.4, -0.2) is 58.7 Å². The first kappa shape index (κ1) is 14.3. The Kier molecular flexibility index (Phi) is 4.42. The summed E-state index contributed by atoms with van der Waals surface area (Å²) in [6.45, 7) is 8.76. The molecule has 1 aliphatic rings. The maximum Gasteiger partial charge on any atom is 0.322 e. The largest absolute Gasteiger partial charge is 0.461 e. The van der Waals surface area contributed by atoms with E-state index < -0.39 is 0 Å². The Bertz CT molecular complexity index is 442. The maximum atomic E-state index is 5.94. The van der Waals surface area contributed by atoms with Crippen molar-refractivity contribution in [2.75, 3.05) is 31.6 Å². The molecule has 1 aromatic heterocycles. The van der Waals surface area contributed by atoms with Crippen LogP contribution in [0, 0.1) is 0 Å². The lowest BCUT2D eigenvalue weighted by Gasteiger charge is -2.37. The molecule has 0 bridgehead atoms. The van der Waals surface area contributed by atoms with E-state index in [1.165, 1.54) is 0 Å². The van der Waals surface area contributed by atoms with Gasteiger partial charge in [-0.1, -0.05) is 0 Å². The molecule has 0 radical (unpaired) electrons. The molecule has 106 valence electrons. The molecule has 19 heavy (non-hydrogen) atoms. The number of likely N-dealkylation sites (N-methyl/N-ethyl adjacent to an activating group) is 1. The van der Waals surface area contributed by atoms with E-state index in [-0.39, 0.29) is 17.4 Å². The topological polar surface area (TPSA) is 54.4 Å². The molecule has 0 aliphatic carbocycles. The van der Waals surface area contributed by atoms with E-state index in [4.69, 9.17) is 16.3 Å². The van der Waals surface area contributed by atoms with Gasteiger partial charge in [0.1, 0.15) is 0 Å². The van der Waals surface area contributed by atoms with Gasteiger partial charge in [0.25, 0.3) is 0 Å². The summed E-state index contributed by atoms with van der Waals surface area (Å²) in [5.41, 5.74) is 0. The number of hydrogen-bond acceptors (Lipinski definition) is 6. The summed E-state index contributed by atoms with van der Waals surface area (Å²) in [5.74, 6) is 0.593. The van der Waals surface area contributed by atoms with Gasteiger partial charge in [-0.05, 0) is 39.4 Å². The highest BCUT2D eigenvalue weighted by Gasteiger charge is 2.23. The maximum absolute atomic E-state index is 5.94. The first-order valence-electron chi connectivity index (χ1n) is 6.49. The molecule has 1 aromatic rings. The van der Waals surface area contributed by atoms with Crippen molar-refractivity contribution in [2.24, 2.45) is 0 Å². The van der Waals surface area contributed by atoms with E-state index in [2.05, 4.69) is 38.7 Å². The number of halogens is 1. The summed E-state index contributed by atoms with van der Waals surface area (Å²) in [4.78, 5) is 16.9. The second kappa shape index (κ2) is 5.88. The van der Waals surface area contributed by atoms with Crippen LogP contribution in [0.2, 0.25) is 5.28 Å². The van der Waals surface area contributed by atoms with Crippen LogP contribution < -0.4 is 9.64 Å². The van der Waals surface area contributed by atoms with E-state index >= 15 is 0 Å². The van der Waals surface area contributed by atoms with E-state index in [1.54, 1.807) is 0 Å². The zero-order valence-electron chi connectivity index (χ0n) is 11.8. The minimum atomic E-state index is 0.0118. The molecule has 0 aromatic carbocycles. The SMILES string of the molecule is CC(C)Oc1nc(Cl)nc(N2CCN(C)C(C)C2)n1. The highest BCUT2D eigenvalue weighted by Crippen LogP contribution is 2.18. The highest BCUT2D eigenvalue weighted by atomic mass is 35.5. The third-order valence-electron chi connectivity index (χ3n) is 3.16. The monoisotopic (exact) mass is 285 g/mol. The third-order valence-corrected chi connectivity index (χ3v) is 3.33. The summed E-state index contributed by atoms with van der Waals surface area (Å²) in [6.07, 6.45) is 0.0118. The lowest BCUT2D eigenvalue weighted by molar-refractivity contribution is 0.218. The van der Waals surface area contributed by atoms with Gasteiger partial charge >= 0.3 is 6.01 Å². The molecule has 0 saturated carbocycles. The Morgan fingerprint density at radius 1 is 1.26 bits per heavy atom. The number of aromatic nitrogens is 3. The molecule has 2 heterocycles. The molecule has 6 nitrogen and oxygen atoms in total. The molecule has 2 rings (SSSR count). The molecule has 1 saturated heterocycles. The van der Waals surface area contributed by atoms with Crippen molar-refractivity contribution < 1.29 is 4.74 Å². The number of piperazine rings is 1. The van der Waals surface area contributed by atoms with Crippen LogP contribution in [0.5, 0.6) is 6.01 Å². The van der Waals surface area contributed by atoms with Crippen LogP contribution >= 0.6 is 11.6 Å². The van der Waals surface area contributed by atoms with Gasteiger partial charge in [-0.25, -0.2) is 0 Å². The fourth-order valence-corrected chi connectivity index (χ4v) is 2.10. The molecule has 7 heteroatoms. The lowest BCUT2D eigenvalue weighted by Crippen LogP contribution is -2.50. The van der Waals surface area contributed by atoms with Crippen LogP contribution in [0.3, 0.4) is 0 Å². The molecular formula is C12H20ClN5O. The fourth-order valence-electron chi connectivity index (χ4n) is 1.96. The molecule has 0 amide bonds. The van der Waals surface area contributed by atoms with Gasteiger partial charge in [0.05, 0.1) is 6.10 Å². The van der Waals surface area contributed by atoms with Gasteiger partial charge in [-0.15, -0.1) is 0 Å². The summed E-state index contributed by atoms with van der Waals surface area (Å²) < 4.78 is 5.49. The van der Waals surface area contributed by atoms with Crippen molar-refractivity contribution in [1.82, 2.24) is 19.9 Å². The standard InChI is InChI=1S/C12H20ClN5O/c1-8(2)19-12-15-10(13)14-11(16-12)18-6-5-17(4)9(3)7-18/h8-9H,5-7H2,1-4H3. The van der Waals surface area contributed by atoms with E-state index in [9.17, 15) is 0 Å². The van der Waals surface area contributed by atoms with Crippen molar-refractivity contribution >= 4 is 17.5 Å². The quantitative estimate of drug-likeness (QED) is 0.838. The predicted octanol–water partition coefficient (Wildman–Crippen LogP) is 1.45. The first-order valence-corrected chi connectivity index (χ1v) is 6.87. The minimum absolute atomic E-state index is 0.0118. The van der Waals surface area contributed by atoms with Gasteiger partial charge < -0.3 is 14.5 Å². The zero-order chi connectivity index (χ0) is 14.0. The van der Waals surface area contributed by atoms with Crippen molar-refractivity contribution in [3.63, 3.8) is 0 Å². The van der Waals surface area contributed by atoms with E-state index in [0.29, 0.717) is 12.0 Å². The van der Waals surface area contributed by atoms with Crippen LogP contribution in [0.4, 0.5) is 5.95 Å². The Morgan fingerprint density at radius 3 is 2.63 bits per heavy atom. The predicted molar refractivity (Wildman–Crippen MR) is 74.9 cm³/mol. The average Bonchev–Trinajstić information content (AvgIpc) is 2.31. The Hall–Kier alpha value is -1.14. The van der Waals surface area contributed by atoms with Crippen molar-refractivity contribution in [1.29, 1.82) is 0 Å². The Labute approximate surface area is 118 Å². The highest BCUT2D eigenvalue weighted by molar-refractivity contribution is 6.28. The van der Waals surface area contributed by atoms with Crippen LogP contribution in [-0.2, 0) is 0 Å². The number of hydrogen-bond donors (Lipinski definition) is 0. The summed E-state index contributed by atoms with van der Waals surface area (Å²) in [6, 6.07) is 0.746. The number of nitrogens with zero attached hydrogens (tertiary/aromatic N) is 5. The Balaban J connectivity index is 2.17. The molecule has 1 aliphatic heterocycles. The zero-order valence-corrected chi connectivity index (χ0v) is 12.6. The second-order valence-corrected chi connectivity index (χ2v) is 5.47. The number of rotatable bonds is 3. The van der Waals surface area contributed by atoms with Crippen LogP contribution in [0.1, 0.15) is 20.8 Å². The molecule has 1 fully saturated rings. The van der Waals surface area contributed by atoms with Crippen molar-refractivity contribution in [2.45, 2.75) is 32.9 Å². The summed E-state index contributed by atoms with van der Waals surface area (Å²) in [7, 11) is 2.12. The molecule has 1 unspecified atom stereocenters. The van der Waals surface area contributed by atoms with Gasteiger partial charge in [-0.2, -0.15) is 15.0 Å². The summed E-state index contributed by atoms with van der Waals surface area (Å²) in [5, 5.41) is 0.173. The number of anilines is 1. The van der Waals surface area contributed by atoms with Gasteiger partial charge in [-0.3, -0.25) is 0 Å². The average molecular weight is 286 g/mol. The van der Waals surface area contributed by atoms with Gasteiger partial charge in [0, 0.05) is 25.7 Å². The van der Waals surface area contributed by atoms with Crippen LogP contribution in [0.15, 0.2) is 0 Å². The molecular weight excluding hydrogens is 266 g/mol. The van der Waals surface area contributed by atoms with Crippen molar-refractivity contribution in [3.8, 4) is 6.01 Å². The third kappa shape index (κ3) is 3.67.